The molecule has 0 aromatic heterocycles. The van der Waals surface area contributed by atoms with Gasteiger partial charge in [0.15, 0.2) is 0 Å². The number of benzene rings is 4. The van der Waals surface area contributed by atoms with E-state index < -0.39 is 11.9 Å². The number of carboxylic acids is 2. The lowest BCUT2D eigenvalue weighted by molar-refractivity contribution is -0.137. The van der Waals surface area contributed by atoms with Gasteiger partial charge in [0.2, 0.25) is 0 Å². The maximum Gasteiger partial charge on any atom is 0.335 e. The van der Waals surface area contributed by atoms with Crippen molar-refractivity contribution in [2.24, 2.45) is 0 Å². The number of hydrogen-bond donors (Lipinski definition) is 2. The van der Waals surface area contributed by atoms with Gasteiger partial charge in [-0.2, -0.15) is 0 Å². The van der Waals surface area contributed by atoms with E-state index in [1.165, 1.54) is 22.3 Å². The van der Waals surface area contributed by atoms with Crippen LogP contribution in [0.4, 0.5) is 0 Å². The monoisotopic (exact) mass is 624 g/mol. The zero-order valence-corrected chi connectivity index (χ0v) is 27.4. The third-order valence-electron chi connectivity index (χ3n) is 7.73. The van der Waals surface area contributed by atoms with Crippen LogP contribution in [0.1, 0.15) is 97.0 Å². The summed E-state index contributed by atoms with van der Waals surface area (Å²) in [5.41, 5.74) is 6.67. The van der Waals surface area contributed by atoms with Gasteiger partial charge in [-0.05, 0) is 66.1 Å². The van der Waals surface area contributed by atoms with Crippen molar-refractivity contribution < 1.29 is 29.3 Å². The maximum absolute atomic E-state index is 10.6. The highest BCUT2D eigenvalue weighted by atomic mass is 16.5. The van der Waals surface area contributed by atoms with Crippen LogP contribution in [0.2, 0.25) is 0 Å². The number of unbranched alkanes of at least 4 members (excludes halogenated alkanes) is 2. The minimum absolute atomic E-state index is 0.285. The SMILES string of the molecule is CC1COc2cc(C(=O)O)ccc21.CCCCCC(=O)O.CCCc1ccccc1OCc1ccc(CCc2ccccc2)cc1. The van der Waals surface area contributed by atoms with Crippen LogP contribution in [-0.4, -0.2) is 28.8 Å². The number of para-hydroxylation sites is 1. The van der Waals surface area contributed by atoms with Crippen LogP contribution >= 0.6 is 0 Å². The molecule has 0 amide bonds. The fraction of sp³-hybridized carbons (Fsp3) is 0.350. The lowest BCUT2D eigenvalue weighted by atomic mass is 10.0. The minimum atomic E-state index is -0.911. The van der Waals surface area contributed by atoms with Crippen LogP contribution < -0.4 is 9.47 Å². The van der Waals surface area contributed by atoms with Crippen molar-refractivity contribution in [1.29, 1.82) is 0 Å². The van der Waals surface area contributed by atoms with E-state index in [4.69, 9.17) is 19.7 Å². The predicted molar refractivity (Wildman–Crippen MR) is 184 cm³/mol. The quantitative estimate of drug-likeness (QED) is 0.144. The van der Waals surface area contributed by atoms with Crippen molar-refractivity contribution in [1.82, 2.24) is 0 Å². The van der Waals surface area contributed by atoms with Crippen molar-refractivity contribution in [3.05, 3.63) is 130 Å². The van der Waals surface area contributed by atoms with Crippen molar-refractivity contribution in [3.63, 3.8) is 0 Å². The van der Waals surface area contributed by atoms with Crippen LogP contribution in [0, 0.1) is 0 Å². The highest BCUT2D eigenvalue weighted by Crippen LogP contribution is 2.34. The number of carboxylic acid groups (broad SMARTS) is 2. The summed E-state index contributed by atoms with van der Waals surface area (Å²) in [5, 5.41) is 16.9. The molecule has 0 aliphatic carbocycles. The average molecular weight is 625 g/mol. The molecule has 0 saturated heterocycles. The zero-order valence-electron chi connectivity index (χ0n) is 27.4. The Kier molecular flexibility index (Phi) is 15.4. The number of carbonyl (C=O) groups is 2. The second-order valence-electron chi connectivity index (χ2n) is 11.6. The number of aromatic carboxylic acids is 1. The summed E-state index contributed by atoms with van der Waals surface area (Å²) in [4.78, 5) is 20.5. The van der Waals surface area contributed by atoms with Crippen LogP contribution in [0.3, 0.4) is 0 Å². The number of aliphatic carboxylic acids is 1. The summed E-state index contributed by atoms with van der Waals surface area (Å²) < 4.78 is 11.4. The highest BCUT2D eigenvalue weighted by molar-refractivity contribution is 5.88. The standard InChI is InChI=1S/C24H26O.C10H10O3.C6H12O2/c1-2-8-23-11-6-7-12-24(23)25-19-22-17-15-21(16-18-22)14-13-20-9-4-3-5-10-20;1-6-5-13-9-4-7(10(11)12)2-3-8(6)9;1-2-3-4-5-6(7)8/h3-7,9-12,15-18H,2,8,13-14,19H2,1H3;2-4,6H,5H2,1H3,(H,11,12);2-5H2,1H3,(H,7,8). The van der Waals surface area contributed by atoms with Crippen LogP contribution in [0.25, 0.3) is 0 Å². The first kappa shape index (κ1) is 35.9. The Balaban J connectivity index is 0.000000227. The maximum atomic E-state index is 10.6. The minimum Gasteiger partial charge on any atom is -0.493 e. The summed E-state index contributed by atoms with van der Waals surface area (Å²) in [5.74, 6) is 0.507. The lowest BCUT2D eigenvalue weighted by Gasteiger charge is -2.11. The summed E-state index contributed by atoms with van der Waals surface area (Å²) >= 11 is 0. The largest absolute Gasteiger partial charge is 0.493 e. The molecule has 4 aromatic carbocycles. The van der Waals surface area contributed by atoms with E-state index in [1.54, 1.807) is 12.1 Å². The molecule has 244 valence electrons. The molecule has 0 bridgehead atoms. The molecule has 5 rings (SSSR count). The van der Waals surface area contributed by atoms with Crippen molar-refractivity contribution in [3.8, 4) is 11.5 Å². The van der Waals surface area contributed by atoms with Gasteiger partial charge in [0.1, 0.15) is 18.1 Å². The summed E-state index contributed by atoms with van der Waals surface area (Å²) in [7, 11) is 0. The first-order chi connectivity index (χ1) is 22.3. The molecule has 0 fully saturated rings. The van der Waals surface area contributed by atoms with E-state index in [0.29, 0.717) is 31.3 Å². The van der Waals surface area contributed by atoms with E-state index in [9.17, 15) is 9.59 Å². The Bertz CT molecular complexity index is 1480. The van der Waals surface area contributed by atoms with Crippen LogP contribution in [-0.2, 0) is 30.7 Å². The Hall–Kier alpha value is -4.58. The summed E-state index contributed by atoms with van der Waals surface area (Å²) in [6, 6.07) is 32.8. The topological polar surface area (TPSA) is 93.1 Å². The molecule has 4 aromatic rings. The van der Waals surface area contributed by atoms with Gasteiger partial charge < -0.3 is 19.7 Å². The van der Waals surface area contributed by atoms with E-state index >= 15 is 0 Å². The van der Waals surface area contributed by atoms with Gasteiger partial charge in [-0.25, -0.2) is 4.79 Å². The lowest BCUT2D eigenvalue weighted by Crippen LogP contribution is -1.99. The molecule has 1 atom stereocenters. The Morgan fingerprint density at radius 2 is 1.41 bits per heavy atom. The number of fused-ring (bicyclic) bond motifs is 1. The number of hydrogen-bond acceptors (Lipinski definition) is 4. The molecule has 1 unspecified atom stereocenters. The second-order valence-corrected chi connectivity index (χ2v) is 11.6. The Morgan fingerprint density at radius 3 is 2.07 bits per heavy atom. The van der Waals surface area contributed by atoms with Gasteiger partial charge in [0.25, 0.3) is 0 Å². The van der Waals surface area contributed by atoms with Crippen molar-refractivity contribution in [2.45, 2.75) is 84.7 Å². The van der Waals surface area contributed by atoms with Gasteiger partial charge in [-0.1, -0.05) is 119 Å². The molecule has 1 heterocycles. The normalized spacial score (nSPS) is 12.8. The van der Waals surface area contributed by atoms with Crippen LogP contribution in [0.15, 0.2) is 97.1 Å². The van der Waals surface area contributed by atoms with Gasteiger partial charge >= 0.3 is 11.9 Å². The second kappa shape index (κ2) is 19.7. The van der Waals surface area contributed by atoms with Gasteiger partial charge in [-0.3, -0.25) is 4.79 Å². The molecular formula is C40H48O6. The smallest absolute Gasteiger partial charge is 0.335 e. The van der Waals surface area contributed by atoms with Crippen molar-refractivity contribution >= 4 is 11.9 Å². The molecule has 1 aliphatic rings. The number of ether oxygens (including phenoxy) is 2. The highest BCUT2D eigenvalue weighted by Gasteiger charge is 2.21. The molecule has 6 heteroatoms. The van der Waals surface area contributed by atoms with E-state index in [0.717, 1.165) is 56.3 Å². The zero-order chi connectivity index (χ0) is 33.1. The molecular weight excluding hydrogens is 576 g/mol. The molecule has 6 nitrogen and oxygen atoms in total. The fourth-order valence-electron chi connectivity index (χ4n) is 5.05. The third-order valence-corrected chi connectivity index (χ3v) is 7.73. The molecule has 0 radical (unpaired) electrons. The fourth-order valence-corrected chi connectivity index (χ4v) is 5.05. The van der Waals surface area contributed by atoms with Crippen molar-refractivity contribution in [2.75, 3.05) is 6.61 Å². The van der Waals surface area contributed by atoms with Gasteiger partial charge in [0.05, 0.1) is 12.2 Å². The Morgan fingerprint density at radius 1 is 0.761 bits per heavy atom. The van der Waals surface area contributed by atoms with Gasteiger partial charge in [0, 0.05) is 17.9 Å². The third kappa shape index (κ3) is 12.4. The summed E-state index contributed by atoms with van der Waals surface area (Å²) in [6.45, 7) is 7.59. The average Bonchev–Trinajstić information content (AvgIpc) is 3.45. The first-order valence-corrected chi connectivity index (χ1v) is 16.3. The Labute approximate surface area is 274 Å². The molecule has 0 spiro atoms. The van der Waals surface area contributed by atoms with Gasteiger partial charge in [-0.15, -0.1) is 0 Å². The molecule has 2 N–H and O–H groups in total. The predicted octanol–water partition coefficient (Wildman–Crippen LogP) is 9.54. The van der Waals surface area contributed by atoms with E-state index in [2.05, 4.69) is 93.6 Å². The number of rotatable bonds is 13. The van der Waals surface area contributed by atoms with Crippen LogP contribution in [0.5, 0.6) is 11.5 Å². The first-order valence-electron chi connectivity index (χ1n) is 16.3. The van der Waals surface area contributed by atoms with E-state index in [1.807, 2.05) is 12.1 Å². The molecule has 46 heavy (non-hydrogen) atoms. The molecule has 0 saturated carbocycles. The number of aryl methyl sites for hydroxylation is 3. The summed E-state index contributed by atoms with van der Waals surface area (Å²) in [6.07, 6.45) is 7.63. The van der Waals surface area contributed by atoms with E-state index in [-0.39, 0.29) is 5.56 Å². The molecule has 1 aliphatic heterocycles.